The van der Waals surface area contributed by atoms with Crippen molar-refractivity contribution in [2.24, 2.45) is 4.99 Å². The minimum absolute atomic E-state index is 0.956. The van der Waals surface area contributed by atoms with Crippen molar-refractivity contribution in [3.8, 4) is 0 Å². The fraction of sp³-hybridized carbons (Fsp3) is 0.417. The molecule has 0 fully saturated rings. The van der Waals surface area contributed by atoms with Gasteiger partial charge in [0.05, 0.1) is 5.70 Å². The third kappa shape index (κ3) is 15.9. The number of unbranched alkanes of at least 4 members (excludes halogenated alkanes) is 1. The Hall–Kier alpha value is -3.13. The fourth-order valence-electron chi connectivity index (χ4n) is 3.69. The molecule has 1 aromatic carbocycles. The Labute approximate surface area is 235 Å². The standard InChI is InChI=1S/C27H42N2.C9H12/c1-10-14-19-28-24(9)26(21(5)6)20-22(7)27(13-4)29-23(8)17-15-18-25(12-3)16-11-2;1-2-6-9-7-4-3-5-8-9/h11,13,15-18,20,28H,9-10,12,14,19H2,1-8H3;3-5,7-8H,2,6H2,1H3/b16-11-,17-15+,22-20+,25-18-,27-13-,29-23+;. The predicted octanol–water partition coefficient (Wildman–Crippen LogP) is 10.6. The lowest BCUT2D eigenvalue weighted by Gasteiger charge is -2.14. The van der Waals surface area contributed by atoms with Crippen molar-refractivity contribution < 1.29 is 0 Å². The van der Waals surface area contributed by atoms with Gasteiger partial charge in [-0.2, -0.15) is 0 Å². The summed E-state index contributed by atoms with van der Waals surface area (Å²) in [4.78, 5) is 4.81. The van der Waals surface area contributed by atoms with Crippen LogP contribution in [0.15, 0.2) is 118 Å². The monoisotopic (exact) mass is 514 g/mol. The largest absolute Gasteiger partial charge is 0.385 e. The second kappa shape index (κ2) is 21.9. The lowest BCUT2D eigenvalue weighted by Crippen LogP contribution is -2.15. The zero-order valence-electron chi connectivity index (χ0n) is 25.8. The molecule has 0 saturated carbocycles. The Kier molecular flexibility index (Phi) is 20.1. The van der Waals surface area contributed by atoms with E-state index in [1.54, 1.807) is 0 Å². The van der Waals surface area contributed by atoms with E-state index in [4.69, 9.17) is 4.99 Å². The number of allylic oxidation sites excluding steroid dienone is 10. The molecule has 1 N–H and O–H groups in total. The molecule has 1 aromatic rings. The average Bonchev–Trinajstić information content (AvgIpc) is 2.90. The smallest absolute Gasteiger partial charge is 0.0619 e. The van der Waals surface area contributed by atoms with E-state index >= 15 is 0 Å². The summed E-state index contributed by atoms with van der Waals surface area (Å²) < 4.78 is 0. The first-order chi connectivity index (χ1) is 18.2. The minimum atomic E-state index is 0.956. The maximum absolute atomic E-state index is 4.81. The van der Waals surface area contributed by atoms with Crippen molar-refractivity contribution in [3.63, 3.8) is 0 Å². The average molecular weight is 515 g/mol. The lowest BCUT2D eigenvalue weighted by atomic mass is 10.0. The van der Waals surface area contributed by atoms with Gasteiger partial charge in [0.15, 0.2) is 0 Å². The maximum atomic E-state index is 4.81. The van der Waals surface area contributed by atoms with Crippen LogP contribution in [0.2, 0.25) is 0 Å². The molecule has 38 heavy (non-hydrogen) atoms. The molecule has 2 heteroatoms. The summed E-state index contributed by atoms with van der Waals surface area (Å²) in [6.07, 6.45) is 20.5. The quantitative estimate of drug-likeness (QED) is 0.149. The Balaban J connectivity index is 0.00000127. The van der Waals surface area contributed by atoms with Gasteiger partial charge in [0, 0.05) is 18.0 Å². The topological polar surface area (TPSA) is 24.4 Å². The highest BCUT2D eigenvalue weighted by Gasteiger charge is 2.05. The van der Waals surface area contributed by atoms with Crippen LogP contribution >= 0.6 is 0 Å². The number of rotatable bonds is 14. The van der Waals surface area contributed by atoms with Crippen LogP contribution in [0.3, 0.4) is 0 Å². The van der Waals surface area contributed by atoms with E-state index in [2.05, 4.69) is 126 Å². The molecule has 0 bridgehead atoms. The number of hydrogen-bond donors (Lipinski definition) is 1. The Morgan fingerprint density at radius 2 is 1.63 bits per heavy atom. The third-order valence-corrected chi connectivity index (χ3v) is 5.89. The van der Waals surface area contributed by atoms with Gasteiger partial charge in [-0.05, 0) is 95.2 Å². The molecule has 0 aliphatic heterocycles. The first-order valence-corrected chi connectivity index (χ1v) is 14.3. The Morgan fingerprint density at radius 3 is 2.16 bits per heavy atom. The molecule has 1 rings (SSSR count). The van der Waals surface area contributed by atoms with Gasteiger partial charge in [0.2, 0.25) is 0 Å². The zero-order chi connectivity index (χ0) is 28.8. The van der Waals surface area contributed by atoms with Crippen molar-refractivity contribution in [2.45, 2.75) is 94.4 Å². The number of nitrogens with zero attached hydrogens (tertiary/aromatic N) is 1. The van der Waals surface area contributed by atoms with Crippen LogP contribution in [-0.2, 0) is 6.42 Å². The number of benzene rings is 1. The van der Waals surface area contributed by atoms with Gasteiger partial charge in [-0.15, -0.1) is 0 Å². The molecule has 0 heterocycles. The summed E-state index contributed by atoms with van der Waals surface area (Å²) in [5.74, 6) is 0. The second-order valence-electron chi connectivity index (χ2n) is 9.62. The fourth-order valence-corrected chi connectivity index (χ4v) is 3.69. The SMILES string of the molecule is C=C(NCCCC)C(/C=C(C)/C(=C/C)/N=C(C)/C=C/C=C(\C=C/C)CC)=C(C)C.CCCc1ccccc1. The minimum Gasteiger partial charge on any atom is -0.385 e. The predicted molar refractivity (Wildman–Crippen MR) is 174 cm³/mol. The lowest BCUT2D eigenvalue weighted by molar-refractivity contribution is 0.717. The number of aliphatic imine (C=N–C) groups is 1. The van der Waals surface area contributed by atoms with E-state index in [0.29, 0.717) is 0 Å². The molecular formula is C36H54N2. The summed E-state index contributed by atoms with van der Waals surface area (Å²) in [5, 5.41) is 3.45. The molecule has 0 aromatic heterocycles. The van der Waals surface area contributed by atoms with Crippen LogP contribution in [0.1, 0.15) is 93.6 Å². The first-order valence-electron chi connectivity index (χ1n) is 14.3. The van der Waals surface area contributed by atoms with E-state index in [0.717, 1.165) is 47.6 Å². The highest BCUT2D eigenvalue weighted by atomic mass is 14.9. The van der Waals surface area contributed by atoms with E-state index in [9.17, 15) is 0 Å². The Bertz CT molecular complexity index is 1020. The summed E-state index contributed by atoms with van der Waals surface area (Å²) >= 11 is 0. The van der Waals surface area contributed by atoms with Crippen molar-refractivity contribution in [1.29, 1.82) is 0 Å². The molecule has 0 aliphatic rings. The summed E-state index contributed by atoms with van der Waals surface area (Å²) in [5.41, 5.74) is 9.24. The summed E-state index contributed by atoms with van der Waals surface area (Å²) in [6.45, 7) is 24.2. The van der Waals surface area contributed by atoms with Gasteiger partial charge >= 0.3 is 0 Å². The molecule has 0 aliphatic carbocycles. The number of nitrogens with one attached hydrogen (secondary N) is 1. The molecule has 0 unspecified atom stereocenters. The molecule has 208 valence electrons. The van der Waals surface area contributed by atoms with Crippen molar-refractivity contribution in [1.82, 2.24) is 5.32 Å². The molecule has 0 saturated heterocycles. The van der Waals surface area contributed by atoms with Crippen LogP contribution in [0.5, 0.6) is 0 Å². The van der Waals surface area contributed by atoms with E-state index in [1.807, 2.05) is 20.8 Å². The van der Waals surface area contributed by atoms with Crippen molar-refractivity contribution in [3.05, 3.63) is 119 Å². The molecule has 2 nitrogen and oxygen atoms in total. The molecule has 0 amide bonds. The van der Waals surface area contributed by atoms with Crippen LogP contribution in [0.4, 0.5) is 0 Å². The van der Waals surface area contributed by atoms with Crippen LogP contribution in [-0.4, -0.2) is 12.3 Å². The molecule has 0 atom stereocenters. The third-order valence-electron chi connectivity index (χ3n) is 5.89. The van der Waals surface area contributed by atoms with Gasteiger partial charge < -0.3 is 5.32 Å². The van der Waals surface area contributed by atoms with Gasteiger partial charge in [0.1, 0.15) is 0 Å². The van der Waals surface area contributed by atoms with Crippen LogP contribution in [0.25, 0.3) is 0 Å². The second-order valence-corrected chi connectivity index (χ2v) is 9.62. The number of hydrogen-bond acceptors (Lipinski definition) is 2. The van der Waals surface area contributed by atoms with Crippen LogP contribution < -0.4 is 5.32 Å². The first kappa shape index (κ1) is 34.9. The normalized spacial score (nSPS) is 13.0. The van der Waals surface area contributed by atoms with Gasteiger partial charge in [-0.25, -0.2) is 0 Å². The number of aryl methyl sites for hydroxylation is 1. The summed E-state index contributed by atoms with van der Waals surface area (Å²) in [6, 6.07) is 10.6. The van der Waals surface area contributed by atoms with Crippen molar-refractivity contribution >= 4 is 5.71 Å². The molecule has 0 radical (unpaired) electrons. The van der Waals surface area contributed by atoms with Gasteiger partial charge in [-0.1, -0.05) is 106 Å². The zero-order valence-corrected chi connectivity index (χ0v) is 25.8. The molecular weight excluding hydrogens is 460 g/mol. The van der Waals surface area contributed by atoms with Gasteiger partial charge in [0.25, 0.3) is 0 Å². The highest BCUT2D eigenvalue weighted by Crippen LogP contribution is 2.20. The van der Waals surface area contributed by atoms with E-state index in [1.165, 1.54) is 36.0 Å². The van der Waals surface area contributed by atoms with Crippen molar-refractivity contribution in [2.75, 3.05) is 6.54 Å². The summed E-state index contributed by atoms with van der Waals surface area (Å²) in [7, 11) is 0. The Morgan fingerprint density at radius 1 is 0.947 bits per heavy atom. The van der Waals surface area contributed by atoms with E-state index in [-0.39, 0.29) is 0 Å². The molecule has 0 spiro atoms. The van der Waals surface area contributed by atoms with Gasteiger partial charge in [-0.3, -0.25) is 4.99 Å². The van der Waals surface area contributed by atoms with E-state index < -0.39 is 0 Å². The highest BCUT2D eigenvalue weighted by molar-refractivity contribution is 5.94. The van der Waals surface area contributed by atoms with Crippen LogP contribution in [0, 0.1) is 0 Å². The maximum Gasteiger partial charge on any atom is 0.0619 e.